The third kappa shape index (κ3) is 11.0. The highest BCUT2D eigenvalue weighted by molar-refractivity contribution is 6.12. The zero-order valence-corrected chi connectivity index (χ0v) is 54.6. The first kappa shape index (κ1) is 59.1. The smallest absolute Gasteiger partial charge is 0.235 e. The van der Waals surface area contributed by atoms with Gasteiger partial charge in [-0.05, 0) is 195 Å². The van der Waals surface area contributed by atoms with Crippen LogP contribution in [0.15, 0.2) is 388 Å². The molecule has 0 unspecified atom stereocenters. The summed E-state index contributed by atoms with van der Waals surface area (Å²) in [4.78, 5) is 15.8. The standard InChI is InChI=1S/C94H64N6/c1-7-25-67(26-8-1)82-56-49-72(61-85(82)68-27-9-2-10-28-68)69-29-23-30-73(59-69)88-64-89(96-94(95-88)98(76-34-13-4-14-35-76)80-54-47-66(48-55-80)71-51-58-93-87(63-71)84-42-20-22-44-91(84)100(93)78-38-17-6-18-39-78)74-31-24-40-81(60-74)97(75-32-11-3-12-33-75)79-52-45-65(46-53-79)70-50-57-92-86(62-70)83-41-19-21-43-90(83)99(92)77-36-15-5-16-37-77/h1-64H. The topological polar surface area (TPSA) is 42.1 Å². The monoisotopic (exact) mass is 1280 g/mol. The highest BCUT2D eigenvalue weighted by Gasteiger charge is 2.23. The van der Waals surface area contributed by atoms with E-state index in [-0.39, 0.29) is 0 Å². The molecular weight excluding hydrogens is 1210 g/mol. The first-order chi connectivity index (χ1) is 49.6. The van der Waals surface area contributed by atoms with E-state index < -0.39 is 0 Å². The largest absolute Gasteiger partial charge is 0.310 e. The molecule has 0 aliphatic heterocycles. The predicted molar refractivity (Wildman–Crippen MR) is 418 cm³/mol. The minimum atomic E-state index is 0.536. The molecule has 0 aliphatic carbocycles. The van der Waals surface area contributed by atoms with E-state index >= 15 is 0 Å². The molecule has 470 valence electrons. The van der Waals surface area contributed by atoms with Crippen LogP contribution in [-0.4, -0.2) is 19.1 Å². The van der Waals surface area contributed by atoms with Crippen molar-refractivity contribution < 1.29 is 0 Å². The van der Waals surface area contributed by atoms with Gasteiger partial charge in [0.05, 0.1) is 33.5 Å². The van der Waals surface area contributed by atoms with Gasteiger partial charge in [-0.3, -0.25) is 4.90 Å². The Labute approximate surface area is 581 Å². The van der Waals surface area contributed by atoms with Crippen LogP contribution in [-0.2, 0) is 0 Å². The van der Waals surface area contributed by atoms with Gasteiger partial charge in [-0.15, -0.1) is 0 Å². The number of aromatic nitrogens is 4. The Hall–Kier alpha value is -13.4. The van der Waals surface area contributed by atoms with Crippen LogP contribution >= 0.6 is 0 Å². The summed E-state index contributed by atoms with van der Waals surface area (Å²) in [6.45, 7) is 0. The lowest BCUT2D eigenvalue weighted by Crippen LogP contribution is -2.14. The number of nitrogens with zero attached hydrogens (tertiary/aromatic N) is 6. The molecule has 0 amide bonds. The summed E-state index contributed by atoms with van der Waals surface area (Å²) in [5, 5.41) is 4.87. The first-order valence-corrected chi connectivity index (χ1v) is 34.0. The normalized spacial score (nSPS) is 11.4. The van der Waals surface area contributed by atoms with Crippen LogP contribution < -0.4 is 9.80 Å². The summed E-state index contributed by atoms with van der Waals surface area (Å²) in [5.74, 6) is 0.536. The molecule has 6 heteroatoms. The number of para-hydroxylation sites is 6. The van der Waals surface area contributed by atoms with Crippen molar-refractivity contribution >= 4 is 78.0 Å². The molecule has 6 nitrogen and oxygen atoms in total. The Bertz CT molecular complexity index is 5990. The van der Waals surface area contributed by atoms with Crippen LogP contribution in [0.1, 0.15) is 0 Å². The van der Waals surface area contributed by atoms with Crippen molar-refractivity contribution in [2.45, 2.75) is 0 Å². The SMILES string of the molecule is c1ccc(-c2ccc(-c3cccc(-c4cc(-c5cccc(N(c6ccccc6)c6ccc(-c7ccc8c(c7)c7ccccc7n8-c7ccccc7)cc6)c5)nc(N(c5ccccc5)c5ccc(-c6ccc7c(c6)c6ccccc6n7-c6ccccc6)cc5)n4)c3)cc2-c2ccccc2)cc1. The predicted octanol–water partition coefficient (Wildman–Crippen LogP) is 25.3. The highest BCUT2D eigenvalue weighted by atomic mass is 15.3. The van der Waals surface area contributed by atoms with Gasteiger partial charge in [-0.1, -0.05) is 249 Å². The number of fused-ring (bicyclic) bond motifs is 6. The van der Waals surface area contributed by atoms with Gasteiger partial charge in [0, 0.05) is 72.5 Å². The lowest BCUT2D eigenvalue weighted by Gasteiger charge is -2.26. The summed E-state index contributed by atoms with van der Waals surface area (Å²) in [5.41, 5.74) is 26.8. The van der Waals surface area contributed by atoms with E-state index in [1.165, 1.54) is 60.3 Å². The lowest BCUT2D eigenvalue weighted by atomic mass is 9.90. The molecule has 100 heavy (non-hydrogen) atoms. The second-order valence-corrected chi connectivity index (χ2v) is 25.3. The number of rotatable bonds is 15. The van der Waals surface area contributed by atoms with Crippen LogP contribution in [0, 0.1) is 0 Å². The Morgan fingerprint density at radius 2 is 0.540 bits per heavy atom. The Balaban J connectivity index is 0.754. The van der Waals surface area contributed by atoms with Crippen molar-refractivity contribution in [1.29, 1.82) is 0 Å². The van der Waals surface area contributed by atoms with Crippen LogP contribution in [0.4, 0.5) is 34.4 Å². The maximum Gasteiger partial charge on any atom is 0.235 e. The van der Waals surface area contributed by atoms with Crippen LogP contribution in [0.3, 0.4) is 0 Å². The maximum atomic E-state index is 5.66. The van der Waals surface area contributed by atoms with Gasteiger partial charge < -0.3 is 14.0 Å². The maximum absolute atomic E-state index is 5.66. The minimum Gasteiger partial charge on any atom is -0.310 e. The second-order valence-electron chi connectivity index (χ2n) is 25.3. The molecule has 18 rings (SSSR count). The molecule has 15 aromatic carbocycles. The van der Waals surface area contributed by atoms with Gasteiger partial charge in [-0.25, -0.2) is 9.97 Å². The molecule has 0 bridgehead atoms. The Kier molecular flexibility index (Phi) is 15.1. The molecule has 18 aromatic rings. The fourth-order valence-corrected chi connectivity index (χ4v) is 14.5. The summed E-state index contributed by atoms with van der Waals surface area (Å²) >= 11 is 0. The second kappa shape index (κ2) is 25.6. The summed E-state index contributed by atoms with van der Waals surface area (Å²) in [7, 11) is 0. The average molecular weight is 1280 g/mol. The van der Waals surface area contributed by atoms with Crippen LogP contribution in [0.2, 0.25) is 0 Å². The van der Waals surface area contributed by atoms with Crippen molar-refractivity contribution in [2.75, 3.05) is 9.80 Å². The molecule has 0 saturated carbocycles. The highest BCUT2D eigenvalue weighted by Crippen LogP contribution is 2.44. The van der Waals surface area contributed by atoms with Gasteiger partial charge in [0.2, 0.25) is 5.95 Å². The third-order valence-electron chi connectivity index (χ3n) is 19.3. The Morgan fingerprint density at radius 3 is 1.07 bits per heavy atom. The molecule has 0 spiro atoms. The zero-order chi connectivity index (χ0) is 66.3. The zero-order valence-electron chi connectivity index (χ0n) is 54.6. The fraction of sp³-hybridized carbons (Fsp3) is 0. The fourth-order valence-electron chi connectivity index (χ4n) is 14.5. The molecule has 0 fully saturated rings. The van der Waals surface area contributed by atoms with E-state index in [1.54, 1.807) is 0 Å². The number of anilines is 6. The van der Waals surface area contributed by atoms with E-state index in [4.69, 9.17) is 9.97 Å². The average Bonchev–Trinajstić information content (AvgIpc) is 1.56. The summed E-state index contributed by atoms with van der Waals surface area (Å²) in [6.07, 6.45) is 0. The van der Waals surface area contributed by atoms with Crippen molar-refractivity contribution in [2.24, 2.45) is 0 Å². The van der Waals surface area contributed by atoms with Crippen LogP contribution in [0.25, 0.3) is 133 Å². The van der Waals surface area contributed by atoms with E-state index in [0.717, 1.165) is 101 Å². The van der Waals surface area contributed by atoms with Crippen molar-refractivity contribution in [3.8, 4) is 89.5 Å². The molecule has 0 radical (unpaired) electrons. The lowest BCUT2D eigenvalue weighted by molar-refractivity contribution is 1.09. The van der Waals surface area contributed by atoms with Gasteiger partial charge in [0.15, 0.2) is 0 Å². The number of benzene rings is 15. The van der Waals surface area contributed by atoms with Gasteiger partial charge >= 0.3 is 0 Å². The Morgan fingerprint density at radius 1 is 0.190 bits per heavy atom. The van der Waals surface area contributed by atoms with Gasteiger partial charge in [0.1, 0.15) is 0 Å². The summed E-state index contributed by atoms with van der Waals surface area (Å²) < 4.78 is 4.73. The van der Waals surface area contributed by atoms with E-state index in [9.17, 15) is 0 Å². The minimum absolute atomic E-state index is 0.536. The quantitative estimate of drug-likeness (QED) is 0.103. The number of hydrogen-bond acceptors (Lipinski definition) is 4. The van der Waals surface area contributed by atoms with Gasteiger partial charge in [-0.2, -0.15) is 0 Å². The number of hydrogen-bond donors (Lipinski definition) is 0. The van der Waals surface area contributed by atoms with Gasteiger partial charge in [0.25, 0.3) is 0 Å². The van der Waals surface area contributed by atoms with E-state index in [2.05, 4.69) is 407 Å². The molecule has 0 saturated heterocycles. The van der Waals surface area contributed by atoms with Crippen molar-refractivity contribution in [1.82, 2.24) is 19.1 Å². The molecular formula is C94H64N6. The summed E-state index contributed by atoms with van der Waals surface area (Å²) in [6, 6.07) is 139. The molecule has 0 aliphatic rings. The third-order valence-corrected chi connectivity index (χ3v) is 19.3. The van der Waals surface area contributed by atoms with Crippen LogP contribution in [0.5, 0.6) is 0 Å². The first-order valence-electron chi connectivity index (χ1n) is 34.0. The van der Waals surface area contributed by atoms with E-state index in [0.29, 0.717) is 5.95 Å². The molecule has 0 N–H and O–H groups in total. The van der Waals surface area contributed by atoms with Crippen molar-refractivity contribution in [3.63, 3.8) is 0 Å². The molecule has 0 atom stereocenters. The molecule has 3 aromatic heterocycles. The van der Waals surface area contributed by atoms with Crippen molar-refractivity contribution in [3.05, 3.63) is 388 Å². The van der Waals surface area contributed by atoms with E-state index in [1.807, 2.05) is 0 Å². The molecule has 3 heterocycles.